The van der Waals surface area contributed by atoms with Crippen molar-refractivity contribution in [3.05, 3.63) is 41.2 Å². The molecule has 1 heterocycles. The number of nitrogens with zero attached hydrogens (tertiary/aromatic N) is 3. The standard InChI is InChI=1S/C17H19ClN4O3/c18-12-7-4-5-9-15(12)22-10-14(20-21-22)16(23)19-13-8-3-1-2-6-11(13)17(24)25/h4-5,7,9-11,13H,1-3,6,8H2,(H,19,23)(H,24,25)/t11-,13+/m1/s1. The molecule has 1 fully saturated rings. The zero-order valence-corrected chi connectivity index (χ0v) is 14.3. The summed E-state index contributed by atoms with van der Waals surface area (Å²) in [6.07, 6.45) is 5.48. The zero-order valence-electron chi connectivity index (χ0n) is 13.6. The first-order chi connectivity index (χ1) is 12.1. The van der Waals surface area contributed by atoms with Gasteiger partial charge in [0.05, 0.1) is 22.8 Å². The van der Waals surface area contributed by atoms with Gasteiger partial charge in [-0.2, -0.15) is 0 Å². The van der Waals surface area contributed by atoms with Crippen LogP contribution >= 0.6 is 11.6 Å². The van der Waals surface area contributed by atoms with Gasteiger partial charge in [-0.3, -0.25) is 9.59 Å². The van der Waals surface area contributed by atoms with E-state index >= 15 is 0 Å². The van der Waals surface area contributed by atoms with Crippen molar-refractivity contribution in [1.29, 1.82) is 0 Å². The Kier molecular flexibility index (Phi) is 5.33. The SMILES string of the molecule is O=C(N[C@H]1CCCCC[C@H]1C(=O)O)c1cn(-c2ccccc2Cl)nn1. The molecule has 1 aliphatic rings. The number of halogens is 1. The fourth-order valence-corrected chi connectivity index (χ4v) is 3.36. The largest absolute Gasteiger partial charge is 0.481 e. The summed E-state index contributed by atoms with van der Waals surface area (Å²) in [5.74, 6) is -1.85. The summed E-state index contributed by atoms with van der Waals surface area (Å²) in [4.78, 5) is 23.9. The Bertz CT molecular complexity index is 777. The van der Waals surface area contributed by atoms with Gasteiger partial charge in [0.25, 0.3) is 5.91 Å². The lowest BCUT2D eigenvalue weighted by molar-refractivity contribution is -0.142. The maximum Gasteiger partial charge on any atom is 0.308 e. The number of carboxylic acids is 1. The number of aliphatic carboxylic acids is 1. The van der Waals surface area contributed by atoms with Crippen LogP contribution in [-0.4, -0.2) is 38.0 Å². The van der Waals surface area contributed by atoms with E-state index in [4.69, 9.17) is 11.6 Å². The fraction of sp³-hybridized carbons (Fsp3) is 0.412. The van der Waals surface area contributed by atoms with Crippen LogP contribution in [0.25, 0.3) is 5.69 Å². The van der Waals surface area contributed by atoms with Gasteiger partial charge in [0, 0.05) is 6.04 Å². The van der Waals surface area contributed by atoms with E-state index in [0.717, 1.165) is 19.3 Å². The summed E-state index contributed by atoms with van der Waals surface area (Å²) in [6, 6.07) is 6.71. The van der Waals surface area contributed by atoms with Crippen LogP contribution in [0.5, 0.6) is 0 Å². The molecule has 2 N–H and O–H groups in total. The zero-order chi connectivity index (χ0) is 17.8. The lowest BCUT2D eigenvalue weighted by Crippen LogP contribution is -2.43. The Morgan fingerprint density at radius 3 is 2.72 bits per heavy atom. The second kappa shape index (κ2) is 7.65. The van der Waals surface area contributed by atoms with Crippen molar-refractivity contribution in [3.63, 3.8) is 0 Å². The van der Waals surface area contributed by atoms with E-state index in [0.29, 0.717) is 23.6 Å². The lowest BCUT2D eigenvalue weighted by atomic mass is 9.95. The molecule has 1 aromatic carbocycles. The number of carbonyl (C=O) groups excluding carboxylic acids is 1. The van der Waals surface area contributed by atoms with Crippen LogP contribution in [0.2, 0.25) is 5.02 Å². The number of benzene rings is 1. The van der Waals surface area contributed by atoms with Crippen LogP contribution in [0, 0.1) is 5.92 Å². The van der Waals surface area contributed by atoms with Gasteiger partial charge in [0.1, 0.15) is 0 Å². The Hall–Kier alpha value is -2.41. The van der Waals surface area contributed by atoms with Crippen molar-refractivity contribution in [2.75, 3.05) is 0 Å². The minimum Gasteiger partial charge on any atom is -0.481 e. The fourth-order valence-electron chi connectivity index (χ4n) is 3.14. The minimum atomic E-state index is -0.869. The average molecular weight is 363 g/mol. The highest BCUT2D eigenvalue weighted by atomic mass is 35.5. The van der Waals surface area contributed by atoms with E-state index in [1.807, 2.05) is 6.07 Å². The van der Waals surface area contributed by atoms with Crippen LogP contribution < -0.4 is 5.32 Å². The Morgan fingerprint density at radius 2 is 1.96 bits per heavy atom. The van der Waals surface area contributed by atoms with Crippen LogP contribution in [0.15, 0.2) is 30.5 Å². The van der Waals surface area contributed by atoms with Crippen molar-refractivity contribution >= 4 is 23.5 Å². The predicted molar refractivity (Wildman–Crippen MR) is 91.8 cm³/mol. The molecule has 1 aromatic heterocycles. The molecule has 1 saturated carbocycles. The molecule has 0 saturated heterocycles. The van der Waals surface area contributed by atoms with Crippen LogP contribution in [0.3, 0.4) is 0 Å². The van der Waals surface area contributed by atoms with Crippen molar-refractivity contribution in [2.24, 2.45) is 5.92 Å². The van der Waals surface area contributed by atoms with E-state index < -0.39 is 23.8 Å². The first-order valence-electron chi connectivity index (χ1n) is 8.27. The summed E-state index contributed by atoms with van der Waals surface area (Å²) in [5, 5.41) is 20.5. The van der Waals surface area contributed by atoms with Crippen LogP contribution in [-0.2, 0) is 4.79 Å². The number of carboxylic acid groups (broad SMARTS) is 1. The Labute approximate surface area is 150 Å². The van der Waals surface area contributed by atoms with Gasteiger partial charge in [-0.25, -0.2) is 4.68 Å². The molecule has 0 radical (unpaired) electrons. The third-order valence-electron chi connectivity index (χ3n) is 4.47. The first kappa shape index (κ1) is 17.4. The molecular weight excluding hydrogens is 344 g/mol. The topological polar surface area (TPSA) is 97.1 Å². The van der Waals surface area contributed by atoms with Gasteiger partial charge in [-0.05, 0) is 25.0 Å². The molecule has 7 nitrogen and oxygen atoms in total. The highest BCUT2D eigenvalue weighted by Crippen LogP contribution is 2.24. The number of hydrogen-bond donors (Lipinski definition) is 2. The third-order valence-corrected chi connectivity index (χ3v) is 4.79. The maximum atomic E-state index is 12.5. The van der Waals surface area contributed by atoms with Gasteiger partial charge < -0.3 is 10.4 Å². The van der Waals surface area contributed by atoms with Gasteiger partial charge >= 0.3 is 5.97 Å². The molecular formula is C17H19ClN4O3. The van der Waals surface area contributed by atoms with E-state index in [2.05, 4.69) is 15.6 Å². The summed E-state index contributed by atoms with van der Waals surface area (Å²) in [6.45, 7) is 0. The lowest BCUT2D eigenvalue weighted by Gasteiger charge is -2.22. The van der Waals surface area contributed by atoms with E-state index in [-0.39, 0.29) is 5.69 Å². The summed E-state index contributed by atoms with van der Waals surface area (Å²) >= 11 is 6.12. The maximum absolute atomic E-state index is 12.5. The van der Waals surface area contributed by atoms with Crippen LogP contribution in [0.1, 0.15) is 42.6 Å². The van der Waals surface area contributed by atoms with Gasteiger partial charge in [-0.15, -0.1) is 5.10 Å². The number of para-hydroxylation sites is 1. The highest BCUT2D eigenvalue weighted by molar-refractivity contribution is 6.32. The van der Waals surface area contributed by atoms with Gasteiger partial charge in [-0.1, -0.05) is 48.2 Å². The first-order valence-corrected chi connectivity index (χ1v) is 8.65. The molecule has 3 rings (SSSR count). The second-order valence-corrected chi connectivity index (χ2v) is 6.57. The number of carbonyl (C=O) groups is 2. The van der Waals surface area contributed by atoms with Crippen molar-refractivity contribution in [2.45, 2.75) is 38.1 Å². The Morgan fingerprint density at radius 1 is 1.20 bits per heavy atom. The molecule has 1 aliphatic carbocycles. The number of nitrogens with one attached hydrogen (secondary N) is 1. The number of aromatic nitrogens is 3. The molecule has 25 heavy (non-hydrogen) atoms. The molecule has 1 amide bonds. The smallest absolute Gasteiger partial charge is 0.308 e. The molecule has 2 aromatic rings. The van der Waals surface area contributed by atoms with Crippen molar-refractivity contribution in [3.8, 4) is 5.69 Å². The summed E-state index contributed by atoms with van der Waals surface area (Å²) < 4.78 is 1.43. The van der Waals surface area contributed by atoms with E-state index in [1.165, 1.54) is 10.9 Å². The monoisotopic (exact) mass is 362 g/mol. The van der Waals surface area contributed by atoms with Crippen LogP contribution in [0.4, 0.5) is 0 Å². The molecule has 8 heteroatoms. The van der Waals surface area contributed by atoms with E-state index in [1.54, 1.807) is 18.2 Å². The molecule has 0 aliphatic heterocycles. The molecule has 0 unspecified atom stereocenters. The average Bonchev–Trinajstić information content (AvgIpc) is 2.96. The predicted octanol–water partition coefficient (Wildman–Crippen LogP) is 2.68. The normalized spacial score (nSPS) is 20.7. The molecule has 132 valence electrons. The van der Waals surface area contributed by atoms with Crippen molar-refractivity contribution in [1.82, 2.24) is 20.3 Å². The summed E-state index contributed by atoms with van der Waals surface area (Å²) in [5.41, 5.74) is 0.752. The van der Waals surface area contributed by atoms with Gasteiger partial charge in [0.2, 0.25) is 0 Å². The second-order valence-electron chi connectivity index (χ2n) is 6.16. The third kappa shape index (κ3) is 3.99. The minimum absolute atomic E-state index is 0.133. The number of amides is 1. The van der Waals surface area contributed by atoms with Crippen molar-refractivity contribution < 1.29 is 14.7 Å². The quantitative estimate of drug-likeness (QED) is 0.815. The highest BCUT2D eigenvalue weighted by Gasteiger charge is 2.31. The molecule has 2 atom stereocenters. The number of rotatable bonds is 4. The molecule has 0 spiro atoms. The van der Waals surface area contributed by atoms with E-state index in [9.17, 15) is 14.7 Å². The molecule has 0 bridgehead atoms. The Balaban J connectivity index is 1.75. The summed E-state index contributed by atoms with van der Waals surface area (Å²) in [7, 11) is 0. The van der Waals surface area contributed by atoms with Gasteiger partial charge in [0.15, 0.2) is 5.69 Å². The number of hydrogen-bond acceptors (Lipinski definition) is 4.